The first kappa shape index (κ1) is 12.9. The predicted molar refractivity (Wildman–Crippen MR) is 60.0 cm³/mol. The number of nitrogens with one attached hydrogen (secondary N) is 1. The van der Waals surface area contributed by atoms with Gasteiger partial charge in [-0.15, -0.1) is 0 Å². The molecule has 1 unspecified atom stereocenters. The fraction of sp³-hybridized carbons (Fsp3) is 1.00. The first-order valence-electron chi connectivity index (χ1n) is 5.50. The van der Waals surface area contributed by atoms with Gasteiger partial charge in [0.2, 0.25) is 10.0 Å². The molecule has 0 spiro atoms. The number of hydrogen-bond acceptors (Lipinski definition) is 3. The summed E-state index contributed by atoms with van der Waals surface area (Å²) in [5, 5.41) is 9.18. The average molecular weight is 235 g/mol. The lowest BCUT2D eigenvalue weighted by molar-refractivity contribution is 0.172. The molecular weight excluding hydrogens is 214 g/mol. The molecule has 0 heterocycles. The van der Waals surface area contributed by atoms with Crippen molar-refractivity contribution in [2.24, 2.45) is 11.8 Å². The molecule has 0 bridgehead atoms. The Hall–Kier alpha value is -0.130. The number of aliphatic hydroxyl groups is 1. The standard InChI is InChI=1S/C10H21NO3S/c1-8-3-5-9(6-4-8)10(7-12)11-15(2,13)14/h8-12H,3-7H2,1-2H3. The van der Waals surface area contributed by atoms with Crippen molar-refractivity contribution in [1.29, 1.82) is 0 Å². The van der Waals surface area contributed by atoms with Crippen molar-refractivity contribution < 1.29 is 13.5 Å². The molecule has 1 rings (SSSR count). The van der Waals surface area contributed by atoms with E-state index in [1.54, 1.807) is 0 Å². The Morgan fingerprint density at radius 3 is 2.27 bits per heavy atom. The lowest BCUT2D eigenvalue weighted by Gasteiger charge is -2.31. The van der Waals surface area contributed by atoms with Crippen LogP contribution >= 0.6 is 0 Å². The van der Waals surface area contributed by atoms with Gasteiger partial charge >= 0.3 is 0 Å². The van der Waals surface area contributed by atoms with Gasteiger partial charge < -0.3 is 5.11 Å². The van der Waals surface area contributed by atoms with Crippen molar-refractivity contribution in [1.82, 2.24) is 4.72 Å². The molecule has 1 atom stereocenters. The van der Waals surface area contributed by atoms with Gasteiger partial charge in [0.15, 0.2) is 0 Å². The molecule has 0 aromatic heterocycles. The topological polar surface area (TPSA) is 66.4 Å². The van der Waals surface area contributed by atoms with Crippen LogP contribution in [0.15, 0.2) is 0 Å². The first-order valence-corrected chi connectivity index (χ1v) is 7.39. The predicted octanol–water partition coefficient (Wildman–Crippen LogP) is 0.723. The maximum atomic E-state index is 11.1. The smallest absolute Gasteiger partial charge is 0.209 e. The third-order valence-corrected chi connectivity index (χ3v) is 3.92. The molecule has 1 saturated carbocycles. The van der Waals surface area contributed by atoms with Crippen molar-refractivity contribution in [3.05, 3.63) is 0 Å². The summed E-state index contributed by atoms with van der Waals surface area (Å²) in [6, 6.07) is -0.299. The Morgan fingerprint density at radius 2 is 1.87 bits per heavy atom. The van der Waals surface area contributed by atoms with Gasteiger partial charge in [-0.25, -0.2) is 13.1 Å². The minimum Gasteiger partial charge on any atom is -0.395 e. The maximum absolute atomic E-state index is 11.1. The highest BCUT2D eigenvalue weighted by Gasteiger charge is 2.27. The summed E-state index contributed by atoms with van der Waals surface area (Å²) in [6.07, 6.45) is 5.42. The fourth-order valence-electron chi connectivity index (χ4n) is 2.25. The van der Waals surface area contributed by atoms with E-state index in [2.05, 4.69) is 11.6 Å². The molecule has 5 heteroatoms. The lowest BCUT2D eigenvalue weighted by atomic mass is 9.80. The molecule has 0 radical (unpaired) electrons. The number of hydrogen-bond donors (Lipinski definition) is 2. The summed E-state index contributed by atoms with van der Waals surface area (Å²) in [4.78, 5) is 0. The minimum absolute atomic E-state index is 0.105. The number of sulfonamides is 1. The van der Waals surface area contributed by atoms with Crippen LogP contribution in [0.2, 0.25) is 0 Å². The van der Waals surface area contributed by atoms with E-state index in [9.17, 15) is 13.5 Å². The molecule has 1 fully saturated rings. The van der Waals surface area contributed by atoms with Crippen LogP contribution in [0, 0.1) is 11.8 Å². The van der Waals surface area contributed by atoms with Crippen LogP contribution in [-0.4, -0.2) is 32.4 Å². The Kier molecular flexibility index (Phi) is 4.55. The van der Waals surface area contributed by atoms with Crippen molar-refractivity contribution >= 4 is 10.0 Å². The Balaban J connectivity index is 2.52. The van der Waals surface area contributed by atoms with Crippen LogP contribution in [0.5, 0.6) is 0 Å². The van der Waals surface area contributed by atoms with Gasteiger partial charge in [-0.3, -0.25) is 0 Å². The molecule has 15 heavy (non-hydrogen) atoms. The summed E-state index contributed by atoms with van der Waals surface area (Å²) in [5.41, 5.74) is 0. The van der Waals surface area contributed by atoms with Crippen LogP contribution in [0.25, 0.3) is 0 Å². The fourth-order valence-corrected chi connectivity index (χ4v) is 3.06. The van der Waals surface area contributed by atoms with Gasteiger partial charge in [-0.2, -0.15) is 0 Å². The van der Waals surface area contributed by atoms with E-state index >= 15 is 0 Å². The van der Waals surface area contributed by atoms with E-state index in [4.69, 9.17) is 0 Å². The molecule has 0 aliphatic heterocycles. The molecule has 1 aliphatic rings. The highest BCUT2D eigenvalue weighted by molar-refractivity contribution is 7.88. The van der Waals surface area contributed by atoms with Gasteiger partial charge in [-0.1, -0.05) is 19.8 Å². The van der Waals surface area contributed by atoms with Crippen molar-refractivity contribution in [3.8, 4) is 0 Å². The van der Waals surface area contributed by atoms with Crippen molar-refractivity contribution in [2.45, 2.75) is 38.6 Å². The third-order valence-electron chi connectivity index (χ3n) is 3.19. The van der Waals surface area contributed by atoms with Crippen LogP contribution in [0.3, 0.4) is 0 Å². The van der Waals surface area contributed by atoms with E-state index < -0.39 is 10.0 Å². The first-order chi connectivity index (χ1) is 6.92. The van der Waals surface area contributed by atoms with Gasteiger partial charge in [-0.05, 0) is 24.7 Å². The molecule has 0 amide bonds. The average Bonchev–Trinajstić information content (AvgIpc) is 2.14. The van der Waals surface area contributed by atoms with Crippen LogP contribution < -0.4 is 4.72 Å². The molecular formula is C10H21NO3S. The zero-order valence-electron chi connectivity index (χ0n) is 9.44. The zero-order valence-corrected chi connectivity index (χ0v) is 10.3. The monoisotopic (exact) mass is 235 g/mol. The summed E-state index contributed by atoms with van der Waals surface area (Å²) < 4.78 is 24.7. The Morgan fingerprint density at radius 1 is 1.33 bits per heavy atom. The molecule has 0 aromatic carbocycles. The van der Waals surface area contributed by atoms with Crippen LogP contribution in [-0.2, 0) is 10.0 Å². The quantitative estimate of drug-likeness (QED) is 0.754. The van der Waals surface area contributed by atoms with Gasteiger partial charge in [0.25, 0.3) is 0 Å². The Bertz CT molecular complexity index is 281. The van der Waals surface area contributed by atoms with E-state index in [1.165, 1.54) is 0 Å². The second-order valence-electron chi connectivity index (χ2n) is 4.70. The van der Waals surface area contributed by atoms with Gasteiger partial charge in [0.1, 0.15) is 0 Å². The van der Waals surface area contributed by atoms with E-state index in [0.717, 1.165) is 37.9 Å². The van der Waals surface area contributed by atoms with E-state index in [1.807, 2.05) is 0 Å². The van der Waals surface area contributed by atoms with Crippen LogP contribution in [0.1, 0.15) is 32.6 Å². The Labute approximate surface area is 92.1 Å². The number of aliphatic hydroxyl groups excluding tert-OH is 1. The van der Waals surface area contributed by atoms with Gasteiger partial charge in [0.05, 0.1) is 12.9 Å². The summed E-state index contributed by atoms with van der Waals surface area (Å²) >= 11 is 0. The summed E-state index contributed by atoms with van der Waals surface area (Å²) in [5.74, 6) is 1.03. The molecule has 2 N–H and O–H groups in total. The third kappa shape index (κ3) is 4.49. The van der Waals surface area contributed by atoms with E-state index in [-0.39, 0.29) is 12.6 Å². The van der Waals surface area contributed by atoms with Crippen molar-refractivity contribution in [3.63, 3.8) is 0 Å². The second kappa shape index (κ2) is 5.27. The SMILES string of the molecule is CC1CCC(C(CO)NS(C)(=O)=O)CC1. The van der Waals surface area contributed by atoms with Crippen molar-refractivity contribution in [2.75, 3.05) is 12.9 Å². The largest absolute Gasteiger partial charge is 0.395 e. The summed E-state index contributed by atoms with van der Waals surface area (Å²) in [6.45, 7) is 2.11. The number of rotatable bonds is 4. The molecule has 0 saturated heterocycles. The van der Waals surface area contributed by atoms with Gasteiger partial charge in [0, 0.05) is 6.04 Å². The maximum Gasteiger partial charge on any atom is 0.209 e. The molecule has 0 aromatic rings. The highest BCUT2D eigenvalue weighted by Crippen LogP contribution is 2.30. The molecule has 90 valence electrons. The normalized spacial score (nSPS) is 30.1. The summed E-state index contributed by atoms with van der Waals surface area (Å²) in [7, 11) is -3.21. The highest BCUT2D eigenvalue weighted by atomic mass is 32.2. The second-order valence-corrected chi connectivity index (χ2v) is 6.48. The molecule has 1 aliphatic carbocycles. The molecule has 4 nitrogen and oxygen atoms in total. The zero-order chi connectivity index (χ0) is 11.5. The van der Waals surface area contributed by atoms with E-state index in [0.29, 0.717) is 5.92 Å². The minimum atomic E-state index is -3.21. The lowest BCUT2D eigenvalue weighted by Crippen LogP contribution is -2.43. The van der Waals surface area contributed by atoms with Crippen LogP contribution in [0.4, 0.5) is 0 Å².